The van der Waals surface area contributed by atoms with E-state index >= 15 is 0 Å². The maximum absolute atomic E-state index is 8.73. The molecule has 0 aromatic heterocycles. The molecule has 2 heteroatoms. The highest BCUT2D eigenvalue weighted by Gasteiger charge is 2.09. The lowest BCUT2D eigenvalue weighted by Gasteiger charge is -1.91. The van der Waals surface area contributed by atoms with Gasteiger partial charge in [0, 0.05) is 6.10 Å². The quantitative estimate of drug-likeness (QED) is 0.541. The van der Waals surface area contributed by atoms with Crippen LogP contribution in [0.25, 0.3) is 0 Å². The van der Waals surface area contributed by atoms with E-state index in [-0.39, 0.29) is 12.2 Å². The summed E-state index contributed by atoms with van der Waals surface area (Å²) < 4.78 is 0. The SMILES string of the molecule is CC(C)O.OC1CCCC1. The minimum Gasteiger partial charge on any atom is -0.394 e. The van der Waals surface area contributed by atoms with Crippen LogP contribution in [-0.2, 0) is 0 Å². The molecule has 10 heavy (non-hydrogen) atoms. The van der Waals surface area contributed by atoms with Gasteiger partial charge in [-0.1, -0.05) is 12.8 Å². The summed E-state index contributed by atoms with van der Waals surface area (Å²) in [5.74, 6) is 0. The number of hydrogen-bond acceptors (Lipinski definition) is 2. The van der Waals surface area contributed by atoms with E-state index in [1.54, 1.807) is 13.8 Å². The van der Waals surface area contributed by atoms with Crippen molar-refractivity contribution in [3.63, 3.8) is 0 Å². The molecule has 1 aliphatic rings. The molecule has 0 radical (unpaired) electrons. The Balaban J connectivity index is 0.000000180. The molecule has 0 unspecified atom stereocenters. The van der Waals surface area contributed by atoms with Crippen LogP contribution in [0.15, 0.2) is 0 Å². The van der Waals surface area contributed by atoms with Gasteiger partial charge in [0.05, 0.1) is 6.10 Å². The Hall–Kier alpha value is -0.0800. The van der Waals surface area contributed by atoms with E-state index in [0.717, 1.165) is 12.8 Å². The van der Waals surface area contributed by atoms with Gasteiger partial charge in [-0.15, -0.1) is 0 Å². The van der Waals surface area contributed by atoms with E-state index in [2.05, 4.69) is 0 Å². The van der Waals surface area contributed by atoms with Crippen LogP contribution in [-0.4, -0.2) is 22.4 Å². The second kappa shape index (κ2) is 5.69. The fraction of sp³-hybridized carbons (Fsp3) is 1.00. The zero-order valence-corrected chi connectivity index (χ0v) is 6.88. The summed E-state index contributed by atoms with van der Waals surface area (Å²) in [7, 11) is 0. The fourth-order valence-corrected chi connectivity index (χ4v) is 0.904. The molecule has 0 spiro atoms. The molecule has 0 bridgehead atoms. The lowest BCUT2D eigenvalue weighted by molar-refractivity contribution is 0.183. The number of rotatable bonds is 0. The predicted octanol–water partition coefficient (Wildman–Crippen LogP) is 1.31. The van der Waals surface area contributed by atoms with Crippen molar-refractivity contribution in [2.24, 2.45) is 0 Å². The first-order valence-corrected chi connectivity index (χ1v) is 3.99. The first kappa shape index (κ1) is 9.92. The smallest absolute Gasteiger partial charge is 0.0540 e. The van der Waals surface area contributed by atoms with E-state index in [1.165, 1.54) is 12.8 Å². The summed E-state index contributed by atoms with van der Waals surface area (Å²) in [4.78, 5) is 0. The minimum absolute atomic E-state index is 0.0463. The third-order valence-corrected chi connectivity index (χ3v) is 1.32. The molecule has 2 N–H and O–H groups in total. The van der Waals surface area contributed by atoms with Gasteiger partial charge >= 0.3 is 0 Å². The van der Waals surface area contributed by atoms with Gasteiger partial charge in [-0.2, -0.15) is 0 Å². The second-order valence-corrected chi connectivity index (χ2v) is 3.03. The summed E-state index contributed by atoms with van der Waals surface area (Å²) in [6.07, 6.45) is 4.44. The van der Waals surface area contributed by atoms with Crippen LogP contribution in [0.2, 0.25) is 0 Å². The van der Waals surface area contributed by atoms with Gasteiger partial charge in [0.15, 0.2) is 0 Å². The van der Waals surface area contributed by atoms with Crippen molar-refractivity contribution < 1.29 is 10.2 Å². The van der Waals surface area contributed by atoms with Gasteiger partial charge in [0.2, 0.25) is 0 Å². The van der Waals surface area contributed by atoms with Crippen molar-refractivity contribution in [2.45, 2.75) is 51.7 Å². The molecule has 0 atom stereocenters. The van der Waals surface area contributed by atoms with Gasteiger partial charge < -0.3 is 10.2 Å². The Bertz CT molecular complexity index is 62.9. The van der Waals surface area contributed by atoms with Crippen molar-refractivity contribution in [3.8, 4) is 0 Å². The second-order valence-electron chi connectivity index (χ2n) is 3.03. The van der Waals surface area contributed by atoms with E-state index in [0.29, 0.717) is 0 Å². The summed E-state index contributed by atoms with van der Waals surface area (Å²) in [5, 5.41) is 16.8. The van der Waals surface area contributed by atoms with Crippen LogP contribution in [0.3, 0.4) is 0 Å². The zero-order chi connectivity index (χ0) is 7.98. The number of aliphatic hydroxyl groups excluding tert-OH is 2. The summed E-state index contributed by atoms with van der Waals surface area (Å²) in [5.41, 5.74) is 0. The molecule has 0 saturated heterocycles. The molecule has 0 amide bonds. The molecule has 0 aromatic carbocycles. The maximum atomic E-state index is 8.73. The Morgan fingerprint density at radius 1 is 1.20 bits per heavy atom. The standard InChI is InChI=1S/C5H10O.C3H8O/c6-5-3-1-2-4-5;1-3(2)4/h5-6H,1-4H2;3-4H,1-2H3. The average Bonchev–Trinajstić information content (AvgIpc) is 2.15. The van der Waals surface area contributed by atoms with Gasteiger partial charge in [0.1, 0.15) is 0 Å². The number of hydrogen-bond donors (Lipinski definition) is 2. The third-order valence-electron chi connectivity index (χ3n) is 1.32. The van der Waals surface area contributed by atoms with E-state index in [9.17, 15) is 0 Å². The molecule has 0 aliphatic heterocycles. The van der Waals surface area contributed by atoms with Crippen molar-refractivity contribution >= 4 is 0 Å². The Labute approximate surface area is 62.9 Å². The van der Waals surface area contributed by atoms with Crippen molar-refractivity contribution in [1.82, 2.24) is 0 Å². The van der Waals surface area contributed by atoms with Crippen LogP contribution < -0.4 is 0 Å². The van der Waals surface area contributed by atoms with E-state index < -0.39 is 0 Å². The fourth-order valence-electron chi connectivity index (χ4n) is 0.904. The van der Waals surface area contributed by atoms with Crippen molar-refractivity contribution in [3.05, 3.63) is 0 Å². The van der Waals surface area contributed by atoms with Gasteiger partial charge in [-0.05, 0) is 26.7 Å². The van der Waals surface area contributed by atoms with Crippen molar-refractivity contribution in [2.75, 3.05) is 0 Å². The highest BCUT2D eigenvalue weighted by molar-refractivity contribution is 4.63. The van der Waals surface area contributed by atoms with Gasteiger partial charge in [0.25, 0.3) is 0 Å². The van der Waals surface area contributed by atoms with Crippen LogP contribution >= 0.6 is 0 Å². The molecule has 1 rings (SSSR count). The van der Waals surface area contributed by atoms with E-state index in [4.69, 9.17) is 10.2 Å². The topological polar surface area (TPSA) is 40.5 Å². The highest BCUT2D eigenvalue weighted by atomic mass is 16.3. The molecule has 1 saturated carbocycles. The monoisotopic (exact) mass is 146 g/mol. The Kier molecular flexibility index (Phi) is 5.64. The number of aliphatic hydroxyl groups is 2. The molecule has 0 aromatic rings. The molecular weight excluding hydrogens is 128 g/mol. The molecule has 2 nitrogen and oxygen atoms in total. The first-order valence-electron chi connectivity index (χ1n) is 3.99. The molecule has 0 heterocycles. The van der Waals surface area contributed by atoms with Crippen LogP contribution in [0.5, 0.6) is 0 Å². The largest absolute Gasteiger partial charge is 0.394 e. The average molecular weight is 146 g/mol. The molecule has 62 valence electrons. The zero-order valence-electron chi connectivity index (χ0n) is 6.88. The highest BCUT2D eigenvalue weighted by Crippen LogP contribution is 2.16. The lowest BCUT2D eigenvalue weighted by atomic mass is 10.3. The maximum Gasteiger partial charge on any atom is 0.0540 e. The minimum atomic E-state index is -0.167. The normalized spacial score (nSPS) is 18.9. The van der Waals surface area contributed by atoms with Crippen molar-refractivity contribution in [1.29, 1.82) is 0 Å². The summed E-state index contributed by atoms with van der Waals surface area (Å²) >= 11 is 0. The Morgan fingerprint density at radius 3 is 1.60 bits per heavy atom. The molecular formula is C8H18O2. The van der Waals surface area contributed by atoms with Crippen LogP contribution in [0.4, 0.5) is 0 Å². The Morgan fingerprint density at radius 2 is 1.50 bits per heavy atom. The third kappa shape index (κ3) is 7.92. The molecule has 1 aliphatic carbocycles. The predicted molar refractivity (Wildman–Crippen MR) is 41.8 cm³/mol. The van der Waals surface area contributed by atoms with E-state index in [1.807, 2.05) is 0 Å². The van der Waals surface area contributed by atoms with Crippen LogP contribution in [0.1, 0.15) is 39.5 Å². The van der Waals surface area contributed by atoms with Crippen LogP contribution in [0, 0.1) is 0 Å². The summed E-state index contributed by atoms with van der Waals surface area (Å²) in [6, 6.07) is 0. The summed E-state index contributed by atoms with van der Waals surface area (Å²) in [6.45, 7) is 3.44. The van der Waals surface area contributed by atoms with Gasteiger partial charge in [-0.3, -0.25) is 0 Å². The molecule has 1 fully saturated rings. The lowest BCUT2D eigenvalue weighted by Crippen LogP contribution is -1.94. The first-order chi connectivity index (χ1) is 4.63. The van der Waals surface area contributed by atoms with Gasteiger partial charge in [-0.25, -0.2) is 0 Å².